The van der Waals surface area contributed by atoms with Gasteiger partial charge in [0.1, 0.15) is 5.75 Å². The molecule has 3 aromatic rings. The van der Waals surface area contributed by atoms with Crippen molar-refractivity contribution in [3.05, 3.63) is 83.2 Å². The monoisotopic (exact) mass is 334 g/mol. The molecule has 0 bridgehead atoms. The third-order valence-corrected chi connectivity index (χ3v) is 4.32. The van der Waals surface area contributed by atoms with Gasteiger partial charge >= 0.3 is 0 Å². The van der Waals surface area contributed by atoms with Crippen LogP contribution in [-0.4, -0.2) is 17.6 Å². The van der Waals surface area contributed by atoms with Crippen LogP contribution in [0.1, 0.15) is 27.3 Å². The van der Waals surface area contributed by atoms with E-state index in [4.69, 9.17) is 4.74 Å². The van der Waals surface area contributed by atoms with E-state index in [0.717, 1.165) is 28.4 Å². The summed E-state index contributed by atoms with van der Waals surface area (Å²) >= 11 is 0. The number of ether oxygens (including phenoxy) is 1. The fourth-order valence-corrected chi connectivity index (χ4v) is 3.09. The number of methoxy groups -OCH3 is 1. The van der Waals surface area contributed by atoms with Crippen LogP contribution < -0.4 is 10.1 Å². The van der Waals surface area contributed by atoms with Crippen LogP contribution in [0, 0.1) is 13.8 Å². The topological polar surface area (TPSA) is 43.3 Å². The van der Waals surface area contributed by atoms with Gasteiger partial charge in [0.05, 0.1) is 12.7 Å². The number of carbonyl (C=O) groups excluding carboxylic acids is 1. The van der Waals surface area contributed by atoms with Crippen molar-refractivity contribution < 1.29 is 9.53 Å². The van der Waals surface area contributed by atoms with E-state index in [9.17, 15) is 4.79 Å². The Morgan fingerprint density at radius 3 is 2.44 bits per heavy atom. The summed E-state index contributed by atoms with van der Waals surface area (Å²) < 4.78 is 7.43. The van der Waals surface area contributed by atoms with Crippen molar-refractivity contribution in [1.82, 2.24) is 9.88 Å². The zero-order valence-electron chi connectivity index (χ0n) is 14.7. The van der Waals surface area contributed by atoms with Gasteiger partial charge in [-0.1, -0.05) is 36.4 Å². The molecule has 0 aliphatic heterocycles. The van der Waals surface area contributed by atoms with Crippen molar-refractivity contribution in [2.45, 2.75) is 20.4 Å². The molecule has 128 valence electrons. The fraction of sp³-hybridized carbons (Fsp3) is 0.190. The second-order valence-electron chi connectivity index (χ2n) is 5.95. The molecule has 4 heteroatoms. The number of rotatable bonds is 5. The SMILES string of the molecule is COc1ccccc1CNC(=O)c1cc(C)n(-c2ccccc2)c1C. The Morgan fingerprint density at radius 2 is 1.72 bits per heavy atom. The molecule has 0 aliphatic rings. The smallest absolute Gasteiger partial charge is 0.253 e. The van der Waals surface area contributed by atoms with E-state index in [-0.39, 0.29) is 5.91 Å². The van der Waals surface area contributed by atoms with Gasteiger partial charge in [-0.05, 0) is 38.1 Å². The molecule has 0 atom stereocenters. The van der Waals surface area contributed by atoms with Crippen molar-refractivity contribution in [2.24, 2.45) is 0 Å². The minimum Gasteiger partial charge on any atom is -0.496 e. The molecule has 0 aliphatic carbocycles. The zero-order valence-corrected chi connectivity index (χ0v) is 14.7. The van der Waals surface area contributed by atoms with Crippen LogP contribution in [0.2, 0.25) is 0 Å². The predicted octanol–water partition coefficient (Wildman–Crippen LogP) is 4.03. The van der Waals surface area contributed by atoms with Crippen LogP contribution in [0.25, 0.3) is 5.69 Å². The summed E-state index contributed by atoms with van der Waals surface area (Å²) in [6, 6.07) is 19.7. The number of amides is 1. The van der Waals surface area contributed by atoms with Gasteiger partial charge < -0.3 is 14.6 Å². The summed E-state index contributed by atoms with van der Waals surface area (Å²) in [6.07, 6.45) is 0. The number of para-hydroxylation sites is 2. The van der Waals surface area contributed by atoms with Gasteiger partial charge in [-0.3, -0.25) is 4.79 Å². The molecule has 0 fully saturated rings. The maximum atomic E-state index is 12.7. The second-order valence-corrected chi connectivity index (χ2v) is 5.95. The normalized spacial score (nSPS) is 10.5. The van der Waals surface area contributed by atoms with E-state index in [1.807, 2.05) is 74.5 Å². The van der Waals surface area contributed by atoms with E-state index in [1.165, 1.54) is 0 Å². The van der Waals surface area contributed by atoms with Crippen molar-refractivity contribution in [2.75, 3.05) is 7.11 Å². The Morgan fingerprint density at radius 1 is 1.04 bits per heavy atom. The molecule has 4 nitrogen and oxygen atoms in total. The Labute approximate surface area is 148 Å². The molecule has 0 unspecified atom stereocenters. The molecule has 2 aromatic carbocycles. The average molecular weight is 334 g/mol. The number of nitrogens with zero attached hydrogens (tertiary/aromatic N) is 1. The number of aryl methyl sites for hydroxylation is 1. The van der Waals surface area contributed by atoms with Gasteiger partial charge in [-0.25, -0.2) is 0 Å². The molecule has 0 saturated heterocycles. The lowest BCUT2D eigenvalue weighted by atomic mass is 10.2. The van der Waals surface area contributed by atoms with Crippen LogP contribution in [-0.2, 0) is 6.54 Å². The molecule has 1 amide bonds. The summed E-state index contributed by atoms with van der Waals surface area (Å²) in [5.41, 5.74) is 4.67. The molecule has 1 aromatic heterocycles. The maximum Gasteiger partial charge on any atom is 0.253 e. The minimum absolute atomic E-state index is 0.0822. The number of carbonyl (C=O) groups is 1. The van der Waals surface area contributed by atoms with Crippen molar-refractivity contribution in [1.29, 1.82) is 0 Å². The number of benzene rings is 2. The number of nitrogens with one attached hydrogen (secondary N) is 1. The van der Waals surface area contributed by atoms with Crippen molar-refractivity contribution in [3.63, 3.8) is 0 Å². The van der Waals surface area contributed by atoms with E-state index < -0.39 is 0 Å². The largest absolute Gasteiger partial charge is 0.496 e. The highest BCUT2D eigenvalue weighted by Crippen LogP contribution is 2.21. The van der Waals surface area contributed by atoms with Crippen LogP contribution >= 0.6 is 0 Å². The van der Waals surface area contributed by atoms with Gasteiger partial charge in [-0.2, -0.15) is 0 Å². The molecule has 3 rings (SSSR count). The second kappa shape index (κ2) is 7.26. The quantitative estimate of drug-likeness (QED) is 0.765. The Balaban J connectivity index is 1.82. The lowest BCUT2D eigenvalue weighted by Gasteiger charge is -2.11. The van der Waals surface area contributed by atoms with E-state index in [0.29, 0.717) is 12.1 Å². The number of aromatic nitrogens is 1. The lowest BCUT2D eigenvalue weighted by molar-refractivity contribution is 0.0950. The summed E-state index contributed by atoms with van der Waals surface area (Å²) in [5, 5.41) is 2.99. The van der Waals surface area contributed by atoms with Gasteiger partial charge in [0.25, 0.3) is 5.91 Å². The molecule has 1 heterocycles. The van der Waals surface area contributed by atoms with Gasteiger partial charge in [0.15, 0.2) is 0 Å². The summed E-state index contributed by atoms with van der Waals surface area (Å²) in [5.74, 6) is 0.693. The van der Waals surface area contributed by atoms with Crippen LogP contribution in [0.4, 0.5) is 0 Å². The van der Waals surface area contributed by atoms with Crippen LogP contribution in [0.5, 0.6) is 5.75 Å². The molecule has 0 saturated carbocycles. The average Bonchev–Trinajstić information content (AvgIpc) is 2.95. The molecule has 0 radical (unpaired) electrons. The number of hydrogen-bond acceptors (Lipinski definition) is 2. The highest BCUT2D eigenvalue weighted by Gasteiger charge is 2.16. The first kappa shape index (κ1) is 16.8. The summed E-state index contributed by atoms with van der Waals surface area (Å²) in [7, 11) is 1.63. The van der Waals surface area contributed by atoms with E-state index >= 15 is 0 Å². The molecular weight excluding hydrogens is 312 g/mol. The molecule has 1 N–H and O–H groups in total. The highest BCUT2D eigenvalue weighted by molar-refractivity contribution is 5.95. The Hall–Kier alpha value is -3.01. The Bertz CT molecular complexity index is 882. The molecular formula is C21H22N2O2. The first-order chi connectivity index (χ1) is 12.1. The van der Waals surface area contributed by atoms with Gasteiger partial charge in [-0.15, -0.1) is 0 Å². The lowest BCUT2D eigenvalue weighted by Crippen LogP contribution is -2.23. The standard InChI is InChI=1S/C21H22N2O2/c1-15-13-19(16(2)23(15)18-10-5-4-6-11-18)21(24)22-14-17-9-7-8-12-20(17)25-3/h4-13H,14H2,1-3H3,(H,22,24). The molecule has 25 heavy (non-hydrogen) atoms. The van der Waals surface area contributed by atoms with E-state index in [2.05, 4.69) is 9.88 Å². The molecule has 0 spiro atoms. The van der Waals surface area contributed by atoms with Crippen molar-refractivity contribution in [3.8, 4) is 11.4 Å². The predicted molar refractivity (Wildman–Crippen MR) is 99.4 cm³/mol. The third kappa shape index (κ3) is 3.43. The zero-order chi connectivity index (χ0) is 17.8. The van der Waals surface area contributed by atoms with Crippen LogP contribution in [0.3, 0.4) is 0 Å². The fourth-order valence-electron chi connectivity index (χ4n) is 3.09. The third-order valence-electron chi connectivity index (χ3n) is 4.32. The van der Waals surface area contributed by atoms with Gasteiger partial charge in [0.2, 0.25) is 0 Å². The number of hydrogen-bond donors (Lipinski definition) is 1. The van der Waals surface area contributed by atoms with E-state index in [1.54, 1.807) is 7.11 Å². The first-order valence-corrected chi connectivity index (χ1v) is 8.26. The summed E-state index contributed by atoms with van der Waals surface area (Å²) in [6.45, 7) is 4.41. The summed E-state index contributed by atoms with van der Waals surface area (Å²) in [4.78, 5) is 12.7. The minimum atomic E-state index is -0.0822. The van der Waals surface area contributed by atoms with Crippen LogP contribution in [0.15, 0.2) is 60.7 Å². The Kier molecular flexibility index (Phi) is 4.89. The first-order valence-electron chi connectivity index (χ1n) is 8.26. The van der Waals surface area contributed by atoms with Crippen molar-refractivity contribution >= 4 is 5.91 Å². The highest BCUT2D eigenvalue weighted by atomic mass is 16.5. The maximum absolute atomic E-state index is 12.7. The van der Waals surface area contributed by atoms with Gasteiger partial charge in [0, 0.05) is 29.2 Å².